The molecule has 1 aromatic rings. The van der Waals surface area contributed by atoms with Gasteiger partial charge in [0.25, 0.3) is 9.05 Å². The Morgan fingerprint density at radius 3 is 2.30 bits per heavy atom. The van der Waals surface area contributed by atoms with Crippen LogP contribution in [0.1, 0.15) is 24.8 Å². The summed E-state index contributed by atoms with van der Waals surface area (Å²) in [5.41, 5.74) is 0.866. The standard InChI is InChI=1S/C14H16ClNO3S/c15-20(18,19)13-3-1-9(2-4-13)8-16-14(17)12-6-10-5-11(10)7-12/h1-4,10-12H,5-8H2,(H,16,17). The number of halogens is 1. The average molecular weight is 314 g/mol. The summed E-state index contributed by atoms with van der Waals surface area (Å²) < 4.78 is 22.2. The molecular formula is C14H16ClNO3S. The monoisotopic (exact) mass is 313 g/mol. The molecule has 1 N–H and O–H groups in total. The van der Waals surface area contributed by atoms with E-state index in [-0.39, 0.29) is 16.7 Å². The smallest absolute Gasteiger partial charge is 0.261 e. The van der Waals surface area contributed by atoms with Crippen LogP contribution in [0.15, 0.2) is 29.2 Å². The third-order valence-electron chi connectivity index (χ3n) is 4.29. The minimum absolute atomic E-state index is 0.0742. The highest BCUT2D eigenvalue weighted by Gasteiger charge is 2.47. The molecule has 108 valence electrons. The van der Waals surface area contributed by atoms with Crippen LogP contribution in [0.25, 0.3) is 0 Å². The van der Waals surface area contributed by atoms with Gasteiger partial charge in [0.05, 0.1) is 4.90 Å². The van der Waals surface area contributed by atoms with Crippen molar-refractivity contribution in [2.45, 2.75) is 30.7 Å². The fourth-order valence-electron chi connectivity index (χ4n) is 3.03. The summed E-state index contributed by atoms with van der Waals surface area (Å²) in [4.78, 5) is 12.1. The molecule has 20 heavy (non-hydrogen) atoms. The SMILES string of the molecule is O=C(NCc1ccc(S(=O)(=O)Cl)cc1)C1CC2CC2C1. The maximum Gasteiger partial charge on any atom is 0.261 e. The number of hydrogen-bond donors (Lipinski definition) is 1. The lowest BCUT2D eigenvalue weighted by molar-refractivity contribution is -0.125. The molecule has 4 nitrogen and oxygen atoms in total. The number of rotatable bonds is 4. The van der Waals surface area contributed by atoms with Crippen molar-refractivity contribution < 1.29 is 13.2 Å². The Bertz CT molecular complexity index is 616. The van der Waals surface area contributed by atoms with Crippen LogP contribution in [0.5, 0.6) is 0 Å². The lowest BCUT2D eigenvalue weighted by Gasteiger charge is -2.12. The van der Waals surface area contributed by atoms with E-state index in [1.165, 1.54) is 18.6 Å². The van der Waals surface area contributed by atoms with Crippen LogP contribution in [-0.4, -0.2) is 14.3 Å². The summed E-state index contributed by atoms with van der Waals surface area (Å²) in [6.07, 6.45) is 3.36. The molecule has 0 aliphatic heterocycles. The molecule has 2 saturated carbocycles. The van der Waals surface area contributed by atoms with E-state index < -0.39 is 9.05 Å². The van der Waals surface area contributed by atoms with Crippen molar-refractivity contribution in [3.63, 3.8) is 0 Å². The number of benzene rings is 1. The summed E-state index contributed by atoms with van der Waals surface area (Å²) in [7, 11) is 1.56. The zero-order chi connectivity index (χ0) is 14.3. The van der Waals surface area contributed by atoms with Crippen LogP contribution < -0.4 is 5.32 Å². The van der Waals surface area contributed by atoms with Gasteiger partial charge in [0.1, 0.15) is 0 Å². The van der Waals surface area contributed by atoms with Crippen LogP contribution in [0.4, 0.5) is 0 Å². The van der Waals surface area contributed by atoms with Gasteiger partial charge in [-0.2, -0.15) is 0 Å². The molecule has 0 heterocycles. The molecule has 2 fully saturated rings. The molecule has 3 rings (SSSR count). The predicted molar refractivity (Wildman–Crippen MR) is 75.6 cm³/mol. The summed E-state index contributed by atoms with van der Waals surface area (Å²) in [5, 5.41) is 2.92. The lowest BCUT2D eigenvalue weighted by atomic mass is 10.0. The number of carbonyl (C=O) groups excluding carboxylic acids is 1. The molecule has 1 amide bonds. The molecule has 0 bridgehead atoms. The van der Waals surface area contributed by atoms with Crippen LogP contribution in [-0.2, 0) is 20.4 Å². The first-order valence-electron chi connectivity index (χ1n) is 6.75. The second-order valence-corrected chi connectivity index (χ2v) is 8.29. The van der Waals surface area contributed by atoms with Gasteiger partial charge in [0, 0.05) is 23.1 Å². The first-order chi connectivity index (χ1) is 9.43. The van der Waals surface area contributed by atoms with Crippen molar-refractivity contribution in [2.75, 3.05) is 0 Å². The number of carbonyl (C=O) groups is 1. The Kier molecular flexibility index (Phi) is 3.50. The van der Waals surface area contributed by atoms with Gasteiger partial charge in [-0.05, 0) is 48.8 Å². The highest BCUT2D eigenvalue weighted by Crippen LogP contribution is 2.54. The number of amides is 1. The molecule has 2 aliphatic carbocycles. The van der Waals surface area contributed by atoms with Gasteiger partial charge in [-0.3, -0.25) is 4.79 Å². The Labute approximate surface area is 122 Å². The number of hydrogen-bond acceptors (Lipinski definition) is 3. The van der Waals surface area contributed by atoms with Gasteiger partial charge in [-0.25, -0.2) is 8.42 Å². The van der Waals surface area contributed by atoms with Crippen LogP contribution >= 0.6 is 10.7 Å². The largest absolute Gasteiger partial charge is 0.352 e. The van der Waals surface area contributed by atoms with E-state index in [2.05, 4.69) is 5.32 Å². The average Bonchev–Trinajstić information content (AvgIpc) is 3.02. The molecular weight excluding hydrogens is 298 g/mol. The molecule has 1 aromatic carbocycles. The van der Waals surface area contributed by atoms with Gasteiger partial charge in [0.2, 0.25) is 5.91 Å². The van der Waals surface area contributed by atoms with E-state index in [4.69, 9.17) is 10.7 Å². The molecule has 6 heteroatoms. The van der Waals surface area contributed by atoms with Gasteiger partial charge in [-0.1, -0.05) is 12.1 Å². The Balaban J connectivity index is 1.54. The van der Waals surface area contributed by atoms with Gasteiger partial charge in [0.15, 0.2) is 0 Å². The molecule has 0 spiro atoms. The Morgan fingerprint density at radius 1 is 1.15 bits per heavy atom. The van der Waals surface area contributed by atoms with Crippen molar-refractivity contribution in [3.05, 3.63) is 29.8 Å². The molecule has 2 atom stereocenters. The number of fused-ring (bicyclic) bond motifs is 1. The fourth-order valence-corrected chi connectivity index (χ4v) is 3.80. The van der Waals surface area contributed by atoms with Crippen molar-refractivity contribution >= 4 is 25.6 Å². The second kappa shape index (κ2) is 5.04. The third-order valence-corrected chi connectivity index (χ3v) is 5.66. The molecule has 0 aromatic heterocycles. The first-order valence-corrected chi connectivity index (χ1v) is 9.06. The summed E-state index contributed by atoms with van der Waals surface area (Å²) in [5.74, 6) is 1.87. The molecule has 0 saturated heterocycles. The van der Waals surface area contributed by atoms with Crippen LogP contribution in [0.2, 0.25) is 0 Å². The van der Waals surface area contributed by atoms with Crippen LogP contribution in [0, 0.1) is 17.8 Å². The fraction of sp³-hybridized carbons (Fsp3) is 0.500. The zero-order valence-electron chi connectivity index (χ0n) is 10.9. The van der Waals surface area contributed by atoms with E-state index in [9.17, 15) is 13.2 Å². The molecule has 0 radical (unpaired) electrons. The predicted octanol–water partition coefficient (Wildman–Crippen LogP) is 2.28. The quantitative estimate of drug-likeness (QED) is 0.867. The summed E-state index contributed by atoms with van der Waals surface area (Å²) >= 11 is 0. The van der Waals surface area contributed by atoms with E-state index in [0.29, 0.717) is 6.54 Å². The van der Waals surface area contributed by atoms with Crippen molar-refractivity contribution in [1.29, 1.82) is 0 Å². The highest BCUT2D eigenvalue weighted by atomic mass is 35.7. The summed E-state index contributed by atoms with van der Waals surface area (Å²) in [6.45, 7) is 0.424. The number of nitrogens with one attached hydrogen (secondary N) is 1. The third kappa shape index (κ3) is 2.99. The Morgan fingerprint density at radius 2 is 1.75 bits per heavy atom. The Hall–Kier alpha value is -1.07. The van der Waals surface area contributed by atoms with Crippen LogP contribution in [0.3, 0.4) is 0 Å². The lowest BCUT2D eigenvalue weighted by Crippen LogP contribution is -2.29. The van der Waals surface area contributed by atoms with Crippen molar-refractivity contribution in [3.8, 4) is 0 Å². The van der Waals surface area contributed by atoms with Gasteiger partial charge >= 0.3 is 0 Å². The van der Waals surface area contributed by atoms with Crippen molar-refractivity contribution in [1.82, 2.24) is 5.32 Å². The van der Waals surface area contributed by atoms with E-state index in [1.807, 2.05) is 0 Å². The van der Waals surface area contributed by atoms with E-state index in [1.54, 1.807) is 12.1 Å². The molecule has 2 unspecified atom stereocenters. The summed E-state index contributed by atoms with van der Waals surface area (Å²) in [6, 6.07) is 6.24. The van der Waals surface area contributed by atoms with E-state index >= 15 is 0 Å². The maximum atomic E-state index is 12.0. The highest BCUT2D eigenvalue weighted by molar-refractivity contribution is 8.13. The van der Waals surface area contributed by atoms with E-state index in [0.717, 1.165) is 30.2 Å². The minimum Gasteiger partial charge on any atom is -0.352 e. The first kappa shape index (κ1) is 13.9. The van der Waals surface area contributed by atoms with Gasteiger partial charge < -0.3 is 5.32 Å². The molecule has 2 aliphatic rings. The normalized spacial score (nSPS) is 27.9. The van der Waals surface area contributed by atoms with Crippen molar-refractivity contribution in [2.24, 2.45) is 17.8 Å². The topological polar surface area (TPSA) is 63.2 Å². The zero-order valence-corrected chi connectivity index (χ0v) is 12.5. The maximum absolute atomic E-state index is 12.0. The minimum atomic E-state index is -3.68. The van der Waals surface area contributed by atoms with Gasteiger partial charge in [-0.15, -0.1) is 0 Å². The second-order valence-electron chi connectivity index (χ2n) is 5.72.